The van der Waals surface area contributed by atoms with E-state index in [0.717, 1.165) is 31.0 Å². The Morgan fingerprint density at radius 2 is 2.08 bits per heavy atom. The maximum atomic E-state index is 5.93. The van der Waals surface area contributed by atoms with E-state index in [-0.39, 0.29) is 6.10 Å². The fourth-order valence-electron chi connectivity index (χ4n) is 3.21. The second-order valence-corrected chi connectivity index (χ2v) is 6.35. The van der Waals surface area contributed by atoms with Gasteiger partial charge in [0.1, 0.15) is 6.10 Å². The van der Waals surface area contributed by atoms with Gasteiger partial charge in [-0.2, -0.15) is 9.78 Å². The number of hydrogen-bond acceptors (Lipinski definition) is 6. The summed E-state index contributed by atoms with van der Waals surface area (Å²) in [5.41, 5.74) is 3.24. The first-order valence-corrected chi connectivity index (χ1v) is 8.41. The monoisotopic (exact) mass is 339 g/mol. The second kappa shape index (κ2) is 6.64. The third-order valence-electron chi connectivity index (χ3n) is 4.63. The lowest BCUT2D eigenvalue weighted by Gasteiger charge is -2.19. The van der Waals surface area contributed by atoms with E-state index in [9.17, 15) is 0 Å². The van der Waals surface area contributed by atoms with Gasteiger partial charge < -0.3 is 10.1 Å². The van der Waals surface area contributed by atoms with Crippen molar-refractivity contribution in [2.75, 3.05) is 18.5 Å². The summed E-state index contributed by atoms with van der Waals surface area (Å²) in [5.74, 6) is 0.984. The SMILES string of the molecule is Cc1ccc(-n2nnnc2NC[C@@H]2CCO[C@H]2c2ccnn2C)cc1. The Morgan fingerprint density at radius 1 is 1.24 bits per heavy atom. The Kier molecular flexibility index (Phi) is 4.19. The molecule has 0 amide bonds. The maximum Gasteiger partial charge on any atom is 0.247 e. The summed E-state index contributed by atoms with van der Waals surface area (Å²) < 4.78 is 9.52. The molecular weight excluding hydrogens is 318 g/mol. The molecule has 0 spiro atoms. The third kappa shape index (κ3) is 3.12. The molecule has 8 heteroatoms. The highest BCUT2D eigenvalue weighted by atomic mass is 16.5. The average molecular weight is 339 g/mol. The van der Waals surface area contributed by atoms with Gasteiger partial charge in [-0.1, -0.05) is 22.8 Å². The Bertz CT molecular complexity index is 839. The number of anilines is 1. The van der Waals surface area contributed by atoms with Crippen LogP contribution in [0.5, 0.6) is 0 Å². The smallest absolute Gasteiger partial charge is 0.247 e. The second-order valence-electron chi connectivity index (χ2n) is 6.35. The number of benzene rings is 1. The van der Waals surface area contributed by atoms with Crippen molar-refractivity contribution in [2.24, 2.45) is 13.0 Å². The van der Waals surface area contributed by atoms with E-state index in [1.807, 2.05) is 42.1 Å². The number of aryl methyl sites for hydroxylation is 2. The van der Waals surface area contributed by atoms with Crippen LogP contribution >= 0.6 is 0 Å². The molecule has 0 bridgehead atoms. The fourth-order valence-corrected chi connectivity index (χ4v) is 3.21. The molecule has 2 aromatic heterocycles. The molecule has 0 aliphatic carbocycles. The van der Waals surface area contributed by atoms with Gasteiger partial charge in [-0.25, -0.2) is 0 Å². The van der Waals surface area contributed by atoms with Gasteiger partial charge in [-0.15, -0.1) is 0 Å². The average Bonchev–Trinajstić information content (AvgIpc) is 3.33. The molecule has 1 saturated heterocycles. The summed E-state index contributed by atoms with van der Waals surface area (Å²) in [6, 6.07) is 10.1. The normalized spacial score (nSPS) is 20.1. The molecular formula is C17H21N7O. The first-order valence-electron chi connectivity index (χ1n) is 8.41. The summed E-state index contributed by atoms with van der Waals surface area (Å²) >= 11 is 0. The minimum absolute atomic E-state index is 0.0451. The first-order chi connectivity index (χ1) is 12.2. The van der Waals surface area contributed by atoms with Gasteiger partial charge >= 0.3 is 0 Å². The number of ether oxygens (including phenoxy) is 1. The molecule has 0 radical (unpaired) electrons. The van der Waals surface area contributed by atoms with E-state index in [4.69, 9.17) is 4.74 Å². The summed E-state index contributed by atoms with van der Waals surface area (Å²) in [5, 5.41) is 19.6. The van der Waals surface area contributed by atoms with Crippen molar-refractivity contribution >= 4 is 5.95 Å². The molecule has 2 atom stereocenters. The van der Waals surface area contributed by atoms with E-state index in [2.05, 4.69) is 32.9 Å². The van der Waals surface area contributed by atoms with Gasteiger partial charge in [0.15, 0.2) is 0 Å². The van der Waals surface area contributed by atoms with Crippen LogP contribution < -0.4 is 5.32 Å². The number of aromatic nitrogens is 6. The number of rotatable bonds is 5. The molecule has 0 saturated carbocycles. The number of tetrazole rings is 1. The van der Waals surface area contributed by atoms with E-state index in [1.54, 1.807) is 10.9 Å². The Labute approximate surface area is 145 Å². The van der Waals surface area contributed by atoms with Crippen LogP contribution in [0.4, 0.5) is 5.95 Å². The zero-order valence-electron chi connectivity index (χ0n) is 14.3. The molecule has 1 N–H and O–H groups in total. The van der Waals surface area contributed by atoms with Crippen LogP contribution in [0.1, 0.15) is 23.8 Å². The highest BCUT2D eigenvalue weighted by Crippen LogP contribution is 2.34. The maximum absolute atomic E-state index is 5.93. The van der Waals surface area contributed by atoms with Crippen LogP contribution in [0, 0.1) is 12.8 Å². The minimum atomic E-state index is 0.0451. The van der Waals surface area contributed by atoms with Crippen LogP contribution in [0.25, 0.3) is 5.69 Å². The molecule has 1 aromatic carbocycles. The molecule has 8 nitrogen and oxygen atoms in total. The van der Waals surface area contributed by atoms with Crippen molar-refractivity contribution in [3.05, 3.63) is 47.8 Å². The molecule has 3 heterocycles. The van der Waals surface area contributed by atoms with Crippen LogP contribution in [-0.2, 0) is 11.8 Å². The molecule has 1 aliphatic heterocycles. The molecule has 25 heavy (non-hydrogen) atoms. The van der Waals surface area contributed by atoms with Crippen LogP contribution in [0.2, 0.25) is 0 Å². The zero-order valence-corrected chi connectivity index (χ0v) is 14.3. The molecule has 0 unspecified atom stereocenters. The summed E-state index contributed by atoms with van der Waals surface area (Å²) in [4.78, 5) is 0. The predicted molar refractivity (Wildman–Crippen MR) is 92.4 cm³/mol. The Morgan fingerprint density at radius 3 is 2.84 bits per heavy atom. The third-order valence-corrected chi connectivity index (χ3v) is 4.63. The highest BCUT2D eigenvalue weighted by Gasteiger charge is 2.31. The van der Waals surface area contributed by atoms with Gasteiger partial charge in [0, 0.05) is 32.3 Å². The summed E-state index contributed by atoms with van der Waals surface area (Å²) in [6.07, 6.45) is 2.85. The minimum Gasteiger partial charge on any atom is -0.372 e. The van der Waals surface area contributed by atoms with Crippen molar-refractivity contribution < 1.29 is 4.74 Å². The lowest BCUT2D eigenvalue weighted by atomic mass is 9.99. The quantitative estimate of drug-likeness (QED) is 0.764. The summed E-state index contributed by atoms with van der Waals surface area (Å²) in [6.45, 7) is 3.55. The number of hydrogen-bond donors (Lipinski definition) is 1. The van der Waals surface area contributed by atoms with Gasteiger partial charge in [-0.05, 0) is 42.0 Å². The Balaban J connectivity index is 1.48. The zero-order chi connectivity index (χ0) is 17.2. The highest BCUT2D eigenvalue weighted by molar-refractivity contribution is 5.40. The van der Waals surface area contributed by atoms with Crippen molar-refractivity contribution in [1.29, 1.82) is 0 Å². The van der Waals surface area contributed by atoms with Gasteiger partial charge in [-0.3, -0.25) is 4.68 Å². The van der Waals surface area contributed by atoms with Crippen molar-refractivity contribution in [2.45, 2.75) is 19.4 Å². The van der Waals surface area contributed by atoms with Crippen molar-refractivity contribution in [3.8, 4) is 5.69 Å². The van der Waals surface area contributed by atoms with Crippen LogP contribution in [0.3, 0.4) is 0 Å². The largest absolute Gasteiger partial charge is 0.372 e. The number of nitrogens with zero attached hydrogens (tertiary/aromatic N) is 6. The number of nitrogens with one attached hydrogen (secondary N) is 1. The van der Waals surface area contributed by atoms with Crippen LogP contribution in [0.15, 0.2) is 36.5 Å². The van der Waals surface area contributed by atoms with Gasteiger partial charge in [0.2, 0.25) is 5.95 Å². The van der Waals surface area contributed by atoms with E-state index >= 15 is 0 Å². The summed E-state index contributed by atoms with van der Waals surface area (Å²) in [7, 11) is 1.94. The molecule has 130 valence electrons. The molecule has 3 aromatic rings. The lowest BCUT2D eigenvalue weighted by molar-refractivity contribution is 0.0866. The fraction of sp³-hybridized carbons (Fsp3) is 0.412. The molecule has 4 rings (SSSR count). The molecule has 1 aliphatic rings. The standard InChI is InChI=1S/C17H21N7O/c1-12-3-5-14(6-4-12)24-17(20-21-22-24)18-11-13-8-10-25-16(13)15-7-9-19-23(15)2/h3-7,9,13,16H,8,10-11H2,1-2H3,(H,18,20,22)/t13-,16+/m0/s1. The lowest BCUT2D eigenvalue weighted by Crippen LogP contribution is -2.21. The van der Waals surface area contributed by atoms with Crippen molar-refractivity contribution in [1.82, 2.24) is 30.0 Å². The van der Waals surface area contributed by atoms with Crippen molar-refractivity contribution in [3.63, 3.8) is 0 Å². The van der Waals surface area contributed by atoms with E-state index in [1.165, 1.54) is 5.56 Å². The van der Waals surface area contributed by atoms with E-state index < -0.39 is 0 Å². The first kappa shape index (κ1) is 15.8. The van der Waals surface area contributed by atoms with Gasteiger partial charge in [0.05, 0.1) is 11.4 Å². The van der Waals surface area contributed by atoms with E-state index in [0.29, 0.717) is 11.9 Å². The van der Waals surface area contributed by atoms with Crippen LogP contribution in [-0.4, -0.2) is 43.1 Å². The van der Waals surface area contributed by atoms with Gasteiger partial charge in [0.25, 0.3) is 0 Å². The Hall–Kier alpha value is -2.74. The topological polar surface area (TPSA) is 82.7 Å². The predicted octanol–water partition coefficient (Wildman–Crippen LogP) is 1.89. The molecule has 1 fully saturated rings.